The van der Waals surface area contributed by atoms with Crippen LogP contribution in [0, 0.1) is 0 Å². The van der Waals surface area contributed by atoms with Gasteiger partial charge in [0.2, 0.25) is 0 Å². The Hall–Kier alpha value is 0.270. The van der Waals surface area contributed by atoms with Crippen molar-refractivity contribution in [3.05, 3.63) is 0 Å². The zero-order valence-electron chi connectivity index (χ0n) is 11.5. The highest BCUT2D eigenvalue weighted by atomic mass is 32.2. The summed E-state index contributed by atoms with van der Waals surface area (Å²) >= 11 is 2.06. The van der Waals surface area contributed by atoms with E-state index >= 15 is 0 Å². The lowest BCUT2D eigenvalue weighted by molar-refractivity contribution is 0.0681. The molecule has 2 nitrogen and oxygen atoms in total. The van der Waals surface area contributed by atoms with Crippen LogP contribution in [0.25, 0.3) is 0 Å². The highest BCUT2D eigenvalue weighted by Crippen LogP contribution is 2.22. The van der Waals surface area contributed by atoms with Crippen LogP contribution in [0.3, 0.4) is 0 Å². The van der Waals surface area contributed by atoms with Gasteiger partial charge in [-0.05, 0) is 32.9 Å². The Morgan fingerprint density at radius 1 is 1.50 bits per heavy atom. The van der Waals surface area contributed by atoms with Crippen molar-refractivity contribution in [2.45, 2.75) is 58.7 Å². The number of nitrogens with one attached hydrogen (secondary N) is 1. The average molecular weight is 244 g/mol. The summed E-state index contributed by atoms with van der Waals surface area (Å²) in [5.74, 6) is 2.50. The Bertz CT molecular complexity index is 210. The third kappa shape index (κ3) is 3.64. The first kappa shape index (κ1) is 14.3. The number of piperazine rings is 1. The average Bonchev–Trinajstić information content (AvgIpc) is 2.29. The zero-order chi connectivity index (χ0) is 12.2. The van der Waals surface area contributed by atoms with Gasteiger partial charge >= 0.3 is 0 Å². The number of hydrogen-bond donors (Lipinski definition) is 1. The lowest BCUT2D eigenvalue weighted by Gasteiger charge is -2.47. The molecule has 16 heavy (non-hydrogen) atoms. The number of nitrogens with zero attached hydrogens (tertiary/aromatic N) is 1. The molecule has 0 spiro atoms. The van der Waals surface area contributed by atoms with Gasteiger partial charge in [0.1, 0.15) is 0 Å². The molecule has 0 radical (unpaired) electrons. The van der Waals surface area contributed by atoms with Crippen molar-refractivity contribution in [2.24, 2.45) is 0 Å². The van der Waals surface area contributed by atoms with E-state index in [9.17, 15) is 0 Å². The van der Waals surface area contributed by atoms with E-state index in [-0.39, 0.29) is 0 Å². The molecule has 0 aromatic heterocycles. The van der Waals surface area contributed by atoms with Gasteiger partial charge in [0.05, 0.1) is 0 Å². The summed E-state index contributed by atoms with van der Waals surface area (Å²) in [6.45, 7) is 13.9. The topological polar surface area (TPSA) is 15.3 Å². The van der Waals surface area contributed by atoms with Crippen LogP contribution in [0.1, 0.15) is 41.0 Å². The third-order valence-electron chi connectivity index (χ3n) is 3.83. The molecule has 1 fully saturated rings. The third-order valence-corrected chi connectivity index (χ3v) is 4.96. The van der Waals surface area contributed by atoms with Gasteiger partial charge in [-0.2, -0.15) is 11.8 Å². The first-order valence-electron chi connectivity index (χ1n) is 6.61. The van der Waals surface area contributed by atoms with Crippen LogP contribution in [0.4, 0.5) is 0 Å². The zero-order valence-corrected chi connectivity index (χ0v) is 12.4. The van der Waals surface area contributed by atoms with Crippen LogP contribution in [0.2, 0.25) is 0 Å². The molecular weight excluding hydrogens is 216 g/mol. The van der Waals surface area contributed by atoms with E-state index in [0.29, 0.717) is 17.6 Å². The molecule has 1 aliphatic rings. The molecule has 3 unspecified atom stereocenters. The Labute approximate surface area is 106 Å². The minimum atomic E-state index is 0.317. The lowest BCUT2D eigenvalue weighted by atomic mass is 9.93. The van der Waals surface area contributed by atoms with Crippen molar-refractivity contribution in [1.82, 2.24) is 10.2 Å². The van der Waals surface area contributed by atoms with Gasteiger partial charge in [0.15, 0.2) is 0 Å². The van der Waals surface area contributed by atoms with E-state index in [4.69, 9.17) is 0 Å². The summed E-state index contributed by atoms with van der Waals surface area (Å²) in [7, 11) is 0. The van der Waals surface area contributed by atoms with Crippen molar-refractivity contribution in [3.63, 3.8) is 0 Å². The summed E-state index contributed by atoms with van der Waals surface area (Å²) in [6.07, 6.45) is 1.21. The van der Waals surface area contributed by atoms with Crippen molar-refractivity contribution in [1.29, 1.82) is 0 Å². The molecule has 96 valence electrons. The quantitative estimate of drug-likeness (QED) is 0.800. The van der Waals surface area contributed by atoms with Crippen LogP contribution in [-0.4, -0.2) is 47.1 Å². The number of thioether (sulfide) groups is 1. The highest BCUT2D eigenvalue weighted by molar-refractivity contribution is 7.99. The van der Waals surface area contributed by atoms with E-state index in [0.717, 1.165) is 6.54 Å². The fraction of sp³-hybridized carbons (Fsp3) is 1.00. The molecule has 1 heterocycles. The molecule has 0 saturated carbocycles. The molecule has 0 aromatic rings. The molecule has 1 rings (SSSR count). The molecule has 1 saturated heterocycles. The SMILES string of the molecule is CCSCC(C)N1CC(C)(CC)NCC1C. The Balaban J connectivity index is 2.55. The second-order valence-corrected chi connectivity index (χ2v) is 6.64. The van der Waals surface area contributed by atoms with E-state index in [1.807, 2.05) is 0 Å². The van der Waals surface area contributed by atoms with E-state index in [1.165, 1.54) is 24.5 Å². The molecule has 0 amide bonds. The van der Waals surface area contributed by atoms with Crippen LogP contribution in [-0.2, 0) is 0 Å². The fourth-order valence-electron chi connectivity index (χ4n) is 2.34. The van der Waals surface area contributed by atoms with Gasteiger partial charge in [0.25, 0.3) is 0 Å². The second kappa shape index (κ2) is 6.27. The molecule has 0 aromatic carbocycles. The molecule has 3 atom stereocenters. The Morgan fingerprint density at radius 3 is 2.75 bits per heavy atom. The fourth-order valence-corrected chi connectivity index (χ4v) is 3.11. The van der Waals surface area contributed by atoms with Crippen LogP contribution in [0.5, 0.6) is 0 Å². The molecular formula is C13H28N2S. The van der Waals surface area contributed by atoms with Crippen molar-refractivity contribution >= 4 is 11.8 Å². The van der Waals surface area contributed by atoms with E-state index < -0.39 is 0 Å². The van der Waals surface area contributed by atoms with Gasteiger partial charge < -0.3 is 5.32 Å². The van der Waals surface area contributed by atoms with Crippen LogP contribution >= 0.6 is 11.8 Å². The summed E-state index contributed by atoms with van der Waals surface area (Å²) in [4.78, 5) is 2.68. The normalized spacial score (nSPS) is 33.9. The molecule has 1 N–H and O–H groups in total. The largest absolute Gasteiger partial charge is 0.309 e. The highest BCUT2D eigenvalue weighted by Gasteiger charge is 2.34. The predicted octanol–water partition coefficient (Wildman–Crippen LogP) is 2.59. The standard InChI is InChI=1S/C13H28N2S/c1-6-13(5)10-15(11(3)8-14-13)12(4)9-16-7-2/h11-12,14H,6-10H2,1-5H3. The minimum Gasteiger partial charge on any atom is -0.309 e. The summed E-state index contributed by atoms with van der Waals surface area (Å²) in [5, 5.41) is 3.69. The van der Waals surface area contributed by atoms with Crippen molar-refractivity contribution < 1.29 is 0 Å². The maximum absolute atomic E-state index is 3.69. The summed E-state index contributed by atoms with van der Waals surface area (Å²) < 4.78 is 0. The maximum atomic E-state index is 3.69. The molecule has 0 aliphatic carbocycles. The van der Waals surface area contributed by atoms with Gasteiger partial charge in [-0.25, -0.2) is 0 Å². The molecule has 1 aliphatic heterocycles. The van der Waals surface area contributed by atoms with E-state index in [2.05, 4.69) is 56.6 Å². The smallest absolute Gasteiger partial charge is 0.0278 e. The Kier molecular flexibility index (Phi) is 5.62. The summed E-state index contributed by atoms with van der Waals surface area (Å²) in [5.41, 5.74) is 0.317. The second-order valence-electron chi connectivity index (χ2n) is 5.32. The van der Waals surface area contributed by atoms with Gasteiger partial charge in [-0.1, -0.05) is 13.8 Å². The monoisotopic (exact) mass is 244 g/mol. The summed E-state index contributed by atoms with van der Waals surface area (Å²) in [6, 6.07) is 1.38. The van der Waals surface area contributed by atoms with Crippen molar-refractivity contribution in [2.75, 3.05) is 24.6 Å². The van der Waals surface area contributed by atoms with Crippen LogP contribution in [0.15, 0.2) is 0 Å². The van der Waals surface area contributed by atoms with Gasteiger partial charge in [-0.15, -0.1) is 0 Å². The molecule has 0 bridgehead atoms. The van der Waals surface area contributed by atoms with Gasteiger partial charge in [0, 0.05) is 36.5 Å². The maximum Gasteiger partial charge on any atom is 0.0278 e. The minimum absolute atomic E-state index is 0.317. The van der Waals surface area contributed by atoms with Crippen LogP contribution < -0.4 is 5.32 Å². The number of hydrogen-bond acceptors (Lipinski definition) is 3. The predicted molar refractivity (Wildman–Crippen MR) is 75.3 cm³/mol. The first-order chi connectivity index (χ1) is 7.52. The van der Waals surface area contributed by atoms with Crippen molar-refractivity contribution in [3.8, 4) is 0 Å². The first-order valence-corrected chi connectivity index (χ1v) is 7.76. The molecule has 3 heteroatoms. The lowest BCUT2D eigenvalue weighted by Crippen LogP contribution is -2.64. The van der Waals surface area contributed by atoms with Gasteiger partial charge in [-0.3, -0.25) is 4.90 Å². The number of rotatable bonds is 5. The van der Waals surface area contributed by atoms with E-state index in [1.54, 1.807) is 0 Å². The Morgan fingerprint density at radius 2 is 2.19 bits per heavy atom.